The second kappa shape index (κ2) is 19.5. The van der Waals surface area contributed by atoms with Crippen molar-refractivity contribution >= 4 is 23.9 Å². The topological polar surface area (TPSA) is 164 Å². The zero-order valence-electron chi connectivity index (χ0n) is 30.0. The monoisotopic (exact) mass is 706 g/mol. The van der Waals surface area contributed by atoms with Gasteiger partial charge in [0.15, 0.2) is 5.79 Å². The molecule has 5 N–H and O–H groups in total. The summed E-state index contributed by atoms with van der Waals surface area (Å²) in [5.41, 5.74) is 1.95. The molecule has 4 rings (SSSR count). The molecule has 2 aromatic rings. The van der Waals surface area contributed by atoms with Gasteiger partial charge in [-0.15, -0.1) is 0 Å². The number of benzene rings is 2. The van der Waals surface area contributed by atoms with Crippen LogP contribution in [0.25, 0.3) is 6.08 Å². The lowest BCUT2D eigenvalue weighted by molar-refractivity contribution is -0.190. The molecular weight excluding hydrogens is 652 g/mol. The maximum atomic E-state index is 13.9. The number of unbranched alkanes of at least 4 members (excludes halogenated alkanes) is 4. The number of aliphatic hydroxyl groups excluding tert-OH is 2. The van der Waals surface area contributed by atoms with Crippen LogP contribution in [0.3, 0.4) is 0 Å². The molecule has 0 bridgehead atoms. The molecule has 11 heteroatoms. The van der Waals surface area contributed by atoms with Crippen LogP contribution in [0.15, 0.2) is 66.3 Å². The summed E-state index contributed by atoms with van der Waals surface area (Å²) in [6, 6.07) is 12.8. The minimum absolute atomic E-state index is 0.00181. The summed E-state index contributed by atoms with van der Waals surface area (Å²) in [7, 11) is 0. The molecule has 2 aliphatic rings. The number of amides is 2. The van der Waals surface area contributed by atoms with Crippen LogP contribution < -0.4 is 10.6 Å². The number of fused-ring (bicyclic) bond motifs is 1. The van der Waals surface area contributed by atoms with Crippen LogP contribution in [0.4, 0.5) is 0 Å². The fourth-order valence-corrected chi connectivity index (χ4v) is 6.55. The average Bonchev–Trinajstić information content (AvgIpc) is 3.49. The van der Waals surface area contributed by atoms with E-state index >= 15 is 0 Å². The Hall–Kier alpha value is -4.03. The Morgan fingerprint density at radius 2 is 1.69 bits per heavy atom. The largest absolute Gasteiger partial charge is 0.508 e. The van der Waals surface area contributed by atoms with Gasteiger partial charge in [0.25, 0.3) is 0 Å². The summed E-state index contributed by atoms with van der Waals surface area (Å²) in [5.74, 6) is -2.54. The van der Waals surface area contributed by atoms with Gasteiger partial charge in [-0.2, -0.15) is 0 Å². The molecule has 278 valence electrons. The van der Waals surface area contributed by atoms with Gasteiger partial charge in [-0.25, -0.2) is 4.79 Å². The van der Waals surface area contributed by atoms with Gasteiger partial charge in [0.05, 0.1) is 18.3 Å². The molecule has 1 aliphatic heterocycles. The number of carbonyl (C=O) groups excluding carboxylic acids is 3. The van der Waals surface area contributed by atoms with Crippen molar-refractivity contribution in [3.8, 4) is 5.75 Å². The second-order valence-electron chi connectivity index (χ2n) is 13.4. The minimum atomic E-state index is -1.27. The quantitative estimate of drug-likeness (QED) is 0.0986. The number of esters is 1. The molecular formula is C40H54N2O9. The van der Waals surface area contributed by atoms with Crippen molar-refractivity contribution in [2.24, 2.45) is 0 Å². The zero-order chi connectivity index (χ0) is 36.8. The SMILES string of the molecule is CCCCCC1(CCCCC)OC2C=C(C(=O)NC(C(=O)NCCO)C(C)O)CC(OC(=O)c3ccccc3C=CCc3ccccc3O)C2O1. The molecule has 0 spiro atoms. The van der Waals surface area contributed by atoms with Gasteiger partial charge in [0.2, 0.25) is 11.8 Å². The van der Waals surface area contributed by atoms with Crippen molar-refractivity contribution in [3.63, 3.8) is 0 Å². The molecule has 0 saturated carbocycles. The first-order chi connectivity index (χ1) is 24.6. The summed E-state index contributed by atoms with van der Waals surface area (Å²) >= 11 is 0. The fraction of sp³-hybridized carbons (Fsp3) is 0.525. The summed E-state index contributed by atoms with van der Waals surface area (Å²) in [6.07, 6.45) is 9.52. The van der Waals surface area contributed by atoms with Crippen molar-refractivity contribution in [2.45, 2.75) is 121 Å². The number of allylic oxidation sites excluding steroid dienone is 1. The summed E-state index contributed by atoms with van der Waals surface area (Å²) in [6.45, 7) is 5.33. The van der Waals surface area contributed by atoms with Gasteiger partial charge in [-0.05, 0) is 55.5 Å². The number of phenols is 1. The Bertz CT molecular complexity index is 1510. The van der Waals surface area contributed by atoms with Crippen LogP contribution in [0.2, 0.25) is 0 Å². The van der Waals surface area contributed by atoms with Gasteiger partial charge in [-0.3, -0.25) is 9.59 Å². The van der Waals surface area contributed by atoms with E-state index in [2.05, 4.69) is 24.5 Å². The van der Waals surface area contributed by atoms with E-state index in [0.29, 0.717) is 30.4 Å². The van der Waals surface area contributed by atoms with Crippen LogP contribution in [0.1, 0.15) is 100 Å². The number of para-hydroxylation sites is 1. The highest BCUT2D eigenvalue weighted by molar-refractivity contribution is 5.98. The number of carbonyl (C=O) groups is 3. The zero-order valence-corrected chi connectivity index (χ0v) is 30.0. The third-order valence-electron chi connectivity index (χ3n) is 9.32. The van der Waals surface area contributed by atoms with E-state index in [1.165, 1.54) is 6.92 Å². The standard InChI is InChI=1S/C40H54N2O9/c1-4-6-12-21-40(22-13-7-5-2)50-34-26-30(37(46)42-35(27(3)44)38(47)41-23-24-43)25-33(36(34)51-40)49-39(48)31-19-10-8-15-28(31)17-14-18-29-16-9-11-20-32(29)45/h8-11,14-17,19-20,26-27,33-36,43-45H,4-7,12-13,18,21-25H2,1-3H3,(H,41,47)(H,42,46). The van der Waals surface area contributed by atoms with E-state index in [1.54, 1.807) is 36.4 Å². The van der Waals surface area contributed by atoms with E-state index < -0.39 is 54.0 Å². The third-order valence-corrected chi connectivity index (χ3v) is 9.32. The first-order valence-electron chi connectivity index (χ1n) is 18.3. The van der Waals surface area contributed by atoms with E-state index in [0.717, 1.165) is 44.1 Å². The fourth-order valence-electron chi connectivity index (χ4n) is 6.55. The lowest BCUT2D eigenvalue weighted by atomic mass is 9.91. The molecule has 1 fully saturated rings. The number of ether oxygens (including phenoxy) is 3. The highest BCUT2D eigenvalue weighted by atomic mass is 16.8. The maximum Gasteiger partial charge on any atom is 0.339 e. The molecule has 2 amide bonds. The Kier molecular flexibility index (Phi) is 15.2. The molecule has 1 heterocycles. The normalized spacial score (nSPS) is 20.6. The molecule has 2 aromatic carbocycles. The van der Waals surface area contributed by atoms with Crippen LogP contribution in [-0.4, -0.2) is 82.5 Å². The van der Waals surface area contributed by atoms with Gasteiger partial charge in [0, 0.05) is 31.4 Å². The van der Waals surface area contributed by atoms with Crippen LogP contribution in [0.5, 0.6) is 5.75 Å². The number of rotatable bonds is 19. The van der Waals surface area contributed by atoms with Gasteiger partial charge in [0.1, 0.15) is 30.1 Å². The van der Waals surface area contributed by atoms with Crippen molar-refractivity contribution in [1.29, 1.82) is 0 Å². The molecule has 51 heavy (non-hydrogen) atoms. The van der Waals surface area contributed by atoms with Crippen molar-refractivity contribution < 1.29 is 43.9 Å². The molecule has 1 saturated heterocycles. The van der Waals surface area contributed by atoms with Crippen molar-refractivity contribution in [3.05, 3.63) is 82.9 Å². The van der Waals surface area contributed by atoms with Crippen LogP contribution in [0, 0.1) is 0 Å². The highest BCUT2D eigenvalue weighted by Gasteiger charge is 2.52. The Morgan fingerprint density at radius 3 is 2.35 bits per heavy atom. The molecule has 0 radical (unpaired) electrons. The number of aromatic hydroxyl groups is 1. The first-order valence-corrected chi connectivity index (χ1v) is 18.3. The molecule has 1 aliphatic carbocycles. The number of hydrogen-bond donors (Lipinski definition) is 5. The number of hydrogen-bond acceptors (Lipinski definition) is 9. The Morgan fingerprint density at radius 1 is 1.00 bits per heavy atom. The van der Waals surface area contributed by atoms with Crippen LogP contribution in [-0.2, 0) is 30.2 Å². The summed E-state index contributed by atoms with van der Waals surface area (Å²) < 4.78 is 19.6. The average molecular weight is 707 g/mol. The first kappa shape index (κ1) is 39.8. The lowest BCUT2D eigenvalue weighted by Crippen LogP contribution is -2.54. The number of nitrogens with one attached hydrogen (secondary N) is 2. The van der Waals surface area contributed by atoms with Crippen molar-refractivity contribution in [2.75, 3.05) is 13.2 Å². The predicted molar refractivity (Wildman–Crippen MR) is 194 cm³/mol. The lowest BCUT2D eigenvalue weighted by Gasteiger charge is -2.31. The number of aliphatic hydroxyl groups is 2. The van der Waals surface area contributed by atoms with Gasteiger partial charge in [-0.1, -0.05) is 88.1 Å². The second-order valence-corrected chi connectivity index (χ2v) is 13.4. The Labute approximate surface area is 301 Å². The summed E-state index contributed by atoms with van der Waals surface area (Å²) in [5, 5.41) is 34.7. The Balaban J connectivity index is 1.61. The minimum Gasteiger partial charge on any atom is -0.508 e. The third kappa shape index (κ3) is 11.0. The van der Waals surface area contributed by atoms with E-state index in [9.17, 15) is 24.6 Å². The van der Waals surface area contributed by atoms with E-state index in [-0.39, 0.29) is 30.9 Å². The van der Waals surface area contributed by atoms with E-state index in [4.69, 9.17) is 19.3 Å². The van der Waals surface area contributed by atoms with Gasteiger partial charge < -0.3 is 40.2 Å². The predicted octanol–water partition coefficient (Wildman–Crippen LogP) is 5.12. The molecule has 0 aromatic heterocycles. The molecule has 11 nitrogen and oxygen atoms in total. The van der Waals surface area contributed by atoms with Crippen molar-refractivity contribution in [1.82, 2.24) is 10.6 Å². The highest BCUT2D eigenvalue weighted by Crippen LogP contribution is 2.43. The van der Waals surface area contributed by atoms with Gasteiger partial charge >= 0.3 is 5.97 Å². The molecule has 5 unspecified atom stereocenters. The maximum absolute atomic E-state index is 13.9. The van der Waals surface area contributed by atoms with E-state index in [1.807, 2.05) is 30.4 Å². The number of phenolic OH excluding ortho intramolecular Hbond substituents is 1. The smallest absolute Gasteiger partial charge is 0.339 e. The molecule has 5 atom stereocenters. The van der Waals surface area contributed by atoms with Crippen LogP contribution >= 0.6 is 0 Å². The summed E-state index contributed by atoms with van der Waals surface area (Å²) in [4.78, 5) is 40.3.